The third-order valence-corrected chi connectivity index (χ3v) is 3.62. The van der Waals surface area contributed by atoms with E-state index in [1.807, 2.05) is 30.3 Å². The first kappa shape index (κ1) is 17.1. The summed E-state index contributed by atoms with van der Waals surface area (Å²) in [4.78, 5) is 12.2. The lowest BCUT2D eigenvalue weighted by atomic mass is 10.2. The second-order valence-electron chi connectivity index (χ2n) is 4.62. The van der Waals surface area contributed by atoms with Crippen LogP contribution < -0.4 is 19.5 Å². The maximum Gasteiger partial charge on any atom is 0.255 e. The largest absolute Gasteiger partial charge is 0.497 e. The number of carbonyl (C=O) groups is 1. The molecule has 0 fully saturated rings. The summed E-state index contributed by atoms with van der Waals surface area (Å²) in [5.41, 5.74) is 0.478. The number of hydrogen-bond acceptors (Lipinski definition) is 4. The lowest BCUT2D eigenvalue weighted by Gasteiger charge is -2.11. The minimum atomic E-state index is -0.207. The van der Waals surface area contributed by atoms with Crippen LogP contribution in [-0.4, -0.2) is 33.3 Å². The fraction of sp³-hybridized carbons (Fsp3) is 0.235. The molecule has 0 bridgehead atoms. The third-order valence-electron chi connectivity index (χ3n) is 3.12. The van der Waals surface area contributed by atoms with Crippen LogP contribution in [0, 0.1) is 0 Å². The summed E-state index contributed by atoms with van der Waals surface area (Å²) in [5, 5.41) is 2.80. The summed E-state index contributed by atoms with van der Waals surface area (Å²) in [7, 11) is 3.15. The van der Waals surface area contributed by atoms with Crippen LogP contribution in [0.5, 0.6) is 17.2 Å². The molecule has 0 aliphatic carbocycles. The summed E-state index contributed by atoms with van der Waals surface area (Å²) in [6, 6.07) is 12.6. The molecule has 23 heavy (non-hydrogen) atoms. The van der Waals surface area contributed by atoms with Crippen molar-refractivity contribution in [1.29, 1.82) is 0 Å². The molecule has 0 aliphatic heterocycles. The molecule has 0 heterocycles. The smallest absolute Gasteiger partial charge is 0.255 e. The Morgan fingerprint density at radius 2 is 1.74 bits per heavy atom. The summed E-state index contributed by atoms with van der Waals surface area (Å²) >= 11 is 3.35. The topological polar surface area (TPSA) is 56.8 Å². The normalized spacial score (nSPS) is 10.0. The van der Waals surface area contributed by atoms with Gasteiger partial charge in [0.05, 0.1) is 26.3 Å². The average Bonchev–Trinajstić information content (AvgIpc) is 2.59. The van der Waals surface area contributed by atoms with Gasteiger partial charge in [0, 0.05) is 4.47 Å². The Labute approximate surface area is 143 Å². The van der Waals surface area contributed by atoms with Crippen molar-refractivity contribution >= 4 is 21.8 Å². The highest BCUT2D eigenvalue weighted by Crippen LogP contribution is 2.22. The first-order valence-electron chi connectivity index (χ1n) is 7.02. The van der Waals surface area contributed by atoms with Crippen LogP contribution in [0.25, 0.3) is 0 Å². The van der Waals surface area contributed by atoms with Gasteiger partial charge in [-0.15, -0.1) is 0 Å². The molecule has 2 aromatic carbocycles. The van der Waals surface area contributed by atoms with Crippen LogP contribution in [0.15, 0.2) is 46.9 Å². The van der Waals surface area contributed by atoms with Gasteiger partial charge in [-0.1, -0.05) is 15.9 Å². The van der Waals surface area contributed by atoms with E-state index in [1.54, 1.807) is 19.2 Å². The van der Waals surface area contributed by atoms with E-state index >= 15 is 0 Å². The molecular weight excluding hydrogens is 362 g/mol. The Kier molecular flexibility index (Phi) is 6.29. The lowest BCUT2D eigenvalue weighted by Crippen LogP contribution is -2.28. The van der Waals surface area contributed by atoms with Gasteiger partial charge in [-0.2, -0.15) is 0 Å². The molecule has 0 saturated heterocycles. The van der Waals surface area contributed by atoms with E-state index in [1.165, 1.54) is 7.11 Å². The van der Waals surface area contributed by atoms with Gasteiger partial charge in [0.2, 0.25) is 0 Å². The molecular formula is C17H18BrNO4. The molecule has 0 aromatic heterocycles. The summed E-state index contributed by atoms with van der Waals surface area (Å²) in [5.74, 6) is 1.82. The van der Waals surface area contributed by atoms with Crippen LogP contribution in [0.3, 0.4) is 0 Å². The number of hydrogen-bond donors (Lipinski definition) is 1. The number of ether oxygens (including phenoxy) is 3. The van der Waals surface area contributed by atoms with E-state index in [0.717, 1.165) is 16.0 Å². The first-order valence-corrected chi connectivity index (χ1v) is 7.82. The number of rotatable bonds is 7. The van der Waals surface area contributed by atoms with Crippen molar-refractivity contribution in [3.63, 3.8) is 0 Å². The minimum Gasteiger partial charge on any atom is -0.497 e. The zero-order valence-electron chi connectivity index (χ0n) is 13.0. The second kappa shape index (κ2) is 8.43. The molecule has 2 aromatic rings. The molecule has 2 rings (SSSR count). The molecule has 6 heteroatoms. The van der Waals surface area contributed by atoms with Crippen LogP contribution in [0.1, 0.15) is 10.4 Å². The molecule has 122 valence electrons. The summed E-state index contributed by atoms with van der Waals surface area (Å²) in [6.45, 7) is 0.759. The van der Waals surface area contributed by atoms with E-state index in [0.29, 0.717) is 24.5 Å². The highest BCUT2D eigenvalue weighted by molar-refractivity contribution is 9.10. The molecule has 0 atom stereocenters. The highest BCUT2D eigenvalue weighted by Gasteiger charge is 2.12. The number of halogens is 1. The summed E-state index contributed by atoms with van der Waals surface area (Å²) in [6.07, 6.45) is 0. The fourth-order valence-electron chi connectivity index (χ4n) is 1.96. The maximum absolute atomic E-state index is 12.2. The van der Waals surface area contributed by atoms with Crippen molar-refractivity contribution in [1.82, 2.24) is 5.32 Å². The predicted molar refractivity (Wildman–Crippen MR) is 91.5 cm³/mol. The number of benzene rings is 2. The number of nitrogens with one attached hydrogen (secondary N) is 1. The molecule has 5 nitrogen and oxygen atoms in total. The summed E-state index contributed by atoms with van der Waals surface area (Å²) < 4.78 is 16.7. The SMILES string of the molecule is COc1ccc(OCCNC(=O)c2cc(Br)ccc2OC)cc1. The predicted octanol–water partition coefficient (Wildman–Crippen LogP) is 3.28. The van der Waals surface area contributed by atoms with Gasteiger partial charge in [0.25, 0.3) is 5.91 Å². The molecule has 0 unspecified atom stereocenters. The van der Waals surface area contributed by atoms with E-state index in [4.69, 9.17) is 14.2 Å². The van der Waals surface area contributed by atoms with E-state index < -0.39 is 0 Å². The zero-order chi connectivity index (χ0) is 16.7. The minimum absolute atomic E-state index is 0.207. The maximum atomic E-state index is 12.2. The van der Waals surface area contributed by atoms with E-state index in [9.17, 15) is 4.79 Å². The van der Waals surface area contributed by atoms with Gasteiger partial charge in [0.15, 0.2) is 0 Å². The molecule has 0 spiro atoms. The van der Waals surface area contributed by atoms with Gasteiger partial charge in [-0.25, -0.2) is 0 Å². The van der Waals surface area contributed by atoms with Crippen molar-refractivity contribution in [2.75, 3.05) is 27.4 Å². The van der Waals surface area contributed by atoms with Gasteiger partial charge in [0.1, 0.15) is 23.9 Å². The monoisotopic (exact) mass is 379 g/mol. The molecule has 0 radical (unpaired) electrons. The molecule has 0 saturated carbocycles. The second-order valence-corrected chi connectivity index (χ2v) is 5.54. The molecule has 1 amide bonds. The number of methoxy groups -OCH3 is 2. The fourth-order valence-corrected chi connectivity index (χ4v) is 2.32. The Balaban J connectivity index is 1.83. The van der Waals surface area contributed by atoms with Crippen molar-refractivity contribution in [3.8, 4) is 17.2 Å². The van der Waals surface area contributed by atoms with Crippen molar-refractivity contribution in [3.05, 3.63) is 52.5 Å². The van der Waals surface area contributed by atoms with Crippen molar-refractivity contribution in [2.45, 2.75) is 0 Å². The van der Waals surface area contributed by atoms with E-state index in [-0.39, 0.29) is 5.91 Å². The quantitative estimate of drug-likeness (QED) is 0.750. The van der Waals surface area contributed by atoms with Crippen molar-refractivity contribution in [2.24, 2.45) is 0 Å². The Morgan fingerprint density at radius 3 is 2.39 bits per heavy atom. The van der Waals surface area contributed by atoms with E-state index in [2.05, 4.69) is 21.2 Å². The van der Waals surface area contributed by atoms with Gasteiger partial charge in [-0.3, -0.25) is 4.79 Å². The van der Waals surface area contributed by atoms with Gasteiger partial charge in [-0.05, 0) is 42.5 Å². The molecule has 1 N–H and O–H groups in total. The Morgan fingerprint density at radius 1 is 1.04 bits per heavy atom. The first-order chi connectivity index (χ1) is 11.1. The zero-order valence-corrected chi connectivity index (χ0v) is 14.6. The lowest BCUT2D eigenvalue weighted by molar-refractivity contribution is 0.0944. The van der Waals surface area contributed by atoms with Crippen LogP contribution in [0.2, 0.25) is 0 Å². The average molecular weight is 380 g/mol. The van der Waals surface area contributed by atoms with Gasteiger partial charge < -0.3 is 19.5 Å². The van der Waals surface area contributed by atoms with Crippen LogP contribution >= 0.6 is 15.9 Å². The Hall–Kier alpha value is -2.21. The Bertz CT molecular complexity index is 658. The van der Waals surface area contributed by atoms with Crippen LogP contribution in [0.4, 0.5) is 0 Å². The highest BCUT2D eigenvalue weighted by atomic mass is 79.9. The molecule has 0 aliphatic rings. The third kappa shape index (κ3) is 4.89. The van der Waals surface area contributed by atoms with Crippen LogP contribution in [-0.2, 0) is 0 Å². The standard InChI is InChI=1S/C17H18BrNO4/c1-21-13-4-6-14(7-5-13)23-10-9-19-17(20)15-11-12(18)3-8-16(15)22-2/h3-8,11H,9-10H2,1-2H3,(H,19,20). The number of amides is 1. The van der Waals surface area contributed by atoms with Gasteiger partial charge >= 0.3 is 0 Å². The number of carbonyl (C=O) groups excluding carboxylic acids is 1. The van der Waals surface area contributed by atoms with Crippen molar-refractivity contribution < 1.29 is 19.0 Å².